The minimum absolute atomic E-state index is 0. The molecule has 0 bridgehead atoms. The maximum atomic E-state index is 11.3. The van der Waals surface area contributed by atoms with Crippen molar-refractivity contribution >= 4 is 88.7 Å². The molecule has 0 radical (unpaired) electrons. The second kappa shape index (κ2) is 45.3. The molecule has 348 valence electrons. The van der Waals surface area contributed by atoms with E-state index in [1.54, 1.807) is 11.8 Å². The summed E-state index contributed by atoms with van der Waals surface area (Å²) >= 11 is 7.48. The van der Waals surface area contributed by atoms with Gasteiger partial charge < -0.3 is 67.2 Å². The van der Waals surface area contributed by atoms with Gasteiger partial charge >= 0.3 is 75.3 Å². The second-order valence-corrected chi connectivity index (χ2v) is 21.1. The molecule has 4 rings (SSSR count). The van der Waals surface area contributed by atoms with Crippen LogP contribution in [0, 0.1) is 47.3 Å². The number of thioether (sulfide) groups is 1. The summed E-state index contributed by atoms with van der Waals surface area (Å²) < 4.78 is 23.2. The van der Waals surface area contributed by atoms with E-state index < -0.39 is 15.2 Å². The molecule has 0 aliphatic heterocycles. The molecule has 59 heavy (non-hydrogen) atoms. The first-order valence-electron chi connectivity index (χ1n) is 19.7. The van der Waals surface area contributed by atoms with Crippen LogP contribution in [0.1, 0.15) is 103 Å². The van der Waals surface area contributed by atoms with Crippen molar-refractivity contribution in [3.05, 3.63) is 0 Å². The Morgan fingerprint density at radius 1 is 0.627 bits per heavy atom. The van der Waals surface area contributed by atoms with Gasteiger partial charge in [-0.2, -0.15) is 11.8 Å². The number of rotatable bonds is 9. The van der Waals surface area contributed by atoms with Gasteiger partial charge in [0.05, 0.1) is 57.5 Å². The van der Waals surface area contributed by atoms with Gasteiger partial charge in [-0.05, 0) is 157 Å². The van der Waals surface area contributed by atoms with E-state index in [0.717, 1.165) is 108 Å². The molecule has 20 heteroatoms. The summed E-state index contributed by atoms with van der Waals surface area (Å²) in [5.74, 6) is 4.36. The van der Waals surface area contributed by atoms with E-state index in [0.29, 0.717) is 35.2 Å². The molecule has 0 spiro atoms. The Bertz CT molecular complexity index is 1030. The predicted octanol–water partition coefficient (Wildman–Crippen LogP) is -1.16. The zero-order valence-electron chi connectivity index (χ0n) is 36.7. The normalized spacial score (nSPS) is 25.5. The van der Waals surface area contributed by atoms with Gasteiger partial charge in [0.25, 0.3) is 0 Å². The van der Waals surface area contributed by atoms with Crippen LogP contribution >= 0.6 is 44.7 Å². The monoisotopic (exact) mass is 1120 g/mol. The Morgan fingerprint density at radius 2 is 0.864 bits per heavy atom. The molecule has 11 nitrogen and oxygen atoms in total. The van der Waals surface area contributed by atoms with E-state index in [4.69, 9.17) is 37.1 Å². The van der Waals surface area contributed by atoms with Crippen molar-refractivity contribution < 1.29 is 130 Å². The summed E-state index contributed by atoms with van der Waals surface area (Å²) in [7, 11) is 12.3. The maximum absolute atomic E-state index is 11.3. The molecular formula is C39H74Cl4IKN2O9S3. The quantitative estimate of drug-likeness (QED) is 0.0480. The minimum atomic E-state index is -1.67. The van der Waals surface area contributed by atoms with Crippen molar-refractivity contribution in [2.24, 2.45) is 58.8 Å². The number of carbonyl (C=O) groups is 4. The van der Waals surface area contributed by atoms with E-state index >= 15 is 0 Å². The van der Waals surface area contributed by atoms with Crippen LogP contribution in [0.5, 0.6) is 0 Å². The first-order valence-corrected chi connectivity index (χ1v) is 26.9. The smallest absolute Gasteiger partial charge is 1.00 e. The number of nitrogens with two attached hydrogens (primary N) is 2. The predicted molar refractivity (Wildman–Crippen MR) is 238 cm³/mol. The number of ether oxygens (including phenoxy) is 3. The van der Waals surface area contributed by atoms with E-state index in [1.165, 1.54) is 39.9 Å². The minimum Gasteiger partial charge on any atom is -1.00 e. The number of carboxylic acids is 1. The first kappa shape index (κ1) is 70.2. The van der Waals surface area contributed by atoms with Crippen molar-refractivity contribution in [1.82, 2.24) is 0 Å². The molecule has 4 aliphatic carbocycles. The fourth-order valence-corrected chi connectivity index (χ4v) is 8.95. The fraction of sp³-hybridized carbons (Fsp3) is 0.897. The summed E-state index contributed by atoms with van der Waals surface area (Å²) in [5, 5.41) is 8.67. The van der Waals surface area contributed by atoms with Crippen LogP contribution in [0.2, 0.25) is 0 Å². The Hall–Kier alpha value is 2.18. The summed E-state index contributed by atoms with van der Waals surface area (Å²) in [6.45, 7) is 1.47. The van der Waals surface area contributed by atoms with E-state index in [9.17, 15) is 19.2 Å². The Morgan fingerprint density at radius 3 is 1.07 bits per heavy atom. The Labute approximate surface area is 446 Å². The number of methoxy groups -OCH3 is 3. The third kappa shape index (κ3) is 37.0. The largest absolute Gasteiger partial charge is 1.00 e. The van der Waals surface area contributed by atoms with Crippen molar-refractivity contribution in [2.75, 3.05) is 71.1 Å². The van der Waals surface area contributed by atoms with Gasteiger partial charge in [-0.1, -0.05) is 0 Å². The zero-order valence-corrected chi connectivity index (χ0v) is 47.5. The number of alkyl halides is 1. The standard InChI is InChI=1S/C11H21O2S.C9H15ClO2.C9H17NO2.C8H15NO2.C2H6S.Cl2OS.ClH.HI.K/c1-13-11(12)10-6-4-9(5-7-10)8-14(2)3;2*1-12-9(11)8-4-2-7(6-10)3-5-8;9-5-6-1-3-7(4-2-6)8(10)11;1-3-2;1-4(2)3;;;/h9-10H,4-8H2,1-3H3;7-8H,2-6H2,1H3;7-8H,2-6,10H2,1H3;6-7H,1-5,9H2,(H,10,11);1-2H3;;2*1H;/q+1;;;;;;;;+1/p-2. The SMILES string of the molecule is COC(=O)C1CCC(CCl)CC1.COC(=O)C1CCC(CN)CC1.COC(=O)C1CCC(C[S+](C)C)CC1.CSC.NCC1CCC(C(=O)O)CC1.O=S(Cl)Cl.[Cl-].[I-].[K+]. The van der Waals surface area contributed by atoms with Gasteiger partial charge in [0.1, 0.15) is 5.75 Å². The Kier molecular flexibility index (Phi) is 53.9. The molecular weight excluding hydrogens is 1040 g/mol. The van der Waals surface area contributed by atoms with Crippen molar-refractivity contribution in [3.8, 4) is 0 Å². The number of hydrogen-bond acceptors (Lipinski definition) is 11. The van der Waals surface area contributed by atoms with E-state index in [2.05, 4.69) is 43.4 Å². The first-order chi connectivity index (χ1) is 26.6. The van der Waals surface area contributed by atoms with Crippen molar-refractivity contribution in [1.29, 1.82) is 0 Å². The van der Waals surface area contributed by atoms with Gasteiger partial charge in [0.15, 0.2) is 0 Å². The number of carboxylic acid groups (broad SMARTS) is 1. The molecule has 0 heterocycles. The summed E-state index contributed by atoms with van der Waals surface area (Å²) in [6.07, 6.45) is 24.9. The molecule has 0 aromatic carbocycles. The summed E-state index contributed by atoms with van der Waals surface area (Å²) in [6, 6.07) is 0. The van der Waals surface area contributed by atoms with Crippen LogP contribution in [-0.4, -0.2) is 104 Å². The maximum Gasteiger partial charge on any atom is 1.00 e. The van der Waals surface area contributed by atoms with Crippen LogP contribution in [0.4, 0.5) is 0 Å². The van der Waals surface area contributed by atoms with Crippen LogP contribution in [0.25, 0.3) is 0 Å². The van der Waals surface area contributed by atoms with Gasteiger partial charge in [-0.25, -0.2) is 4.21 Å². The van der Waals surface area contributed by atoms with Gasteiger partial charge in [0, 0.05) is 33.2 Å². The molecule has 4 saturated carbocycles. The molecule has 0 amide bonds. The van der Waals surface area contributed by atoms with Crippen molar-refractivity contribution in [2.45, 2.75) is 103 Å². The molecule has 0 aromatic rings. The third-order valence-electron chi connectivity index (χ3n) is 10.8. The number of halogens is 5. The second-order valence-electron chi connectivity index (χ2n) is 15.1. The number of carbonyl (C=O) groups excluding carboxylic acids is 3. The van der Waals surface area contributed by atoms with E-state index in [-0.39, 0.29) is 129 Å². The number of hydrogen-bond donors (Lipinski definition) is 3. The van der Waals surface area contributed by atoms with Crippen LogP contribution in [-0.2, 0) is 53.5 Å². The molecule has 0 aromatic heterocycles. The number of aliphatic carboxylic acids is 1. The molecule has 0 saturated heterocycles. The van der Waals surface area contributed by atoms with Crippen LogP contribution < -0.4 is 99.2 Å². The van der Waals surface area contributed by atoms with Crippen LogP contribution in [0.15, 0.2) is 0 Å². The summed E-state index contributed by atoms with van der Waals surface area (Å²) in [4.78, 5) is 44.0. The average Bonchev–Trinajstić information content (AvgIpc) is 3.21. The number of esters is 3. The van der Waals surface area contributed by atoms with E-state index in [1.807, 2.05) is 12.5 Å². The molecule has 0 unspecified atom stereocenters. The average molecular weight is 1120 g/mol. The molecule has 4 aliphatic rings. The molecule has 5 N–H and O–H groups in total. The molecule has 0 atom stereocenters. The summed E-state index contributed by atoms with van der Waals surface area (Å²) in [5.41, 5.74) is 11.0. The Balaban J connectivity index is -0.000000205. The molecule has 4 fully saturated rings. The zero-order chi connectivity index (χ0) is 43.1. The third-order valence-corrected chi connectivity index (χ3v) is 12.4. The topological polar surface area (TPSA) is 185 Å². The van der Waals surface area contributed by atoms with Gasteiger partial charge in [-0.15, -0.1) is 11.6 Å². The van der Waals surface area contributed by atoms with Crippen LogP contribution in [0.3, 0.4) is 0 Å². The van der Waals surface area contributed by atoms with Crippen molar-refractivity contribution in [3.63, 3.8) is 0 Å². The van der Waals surface area contributed by atoms with Gasteiger partial charge in [-0.3, -0.25) is 19.2 Å². The fourth-order valence-electron chi connectivity index (χ4n) is 7.37. The van der Waals surface area contributed by atoms with Gasteiger partial charge in [0.2, 0.25) is 9.23 Å².